The molecule has 0 fully saturated rings. The second-order valence-corrected chi connectivity index (χ2v) is 5.98. The summed E-state index contributed by atoms with van der Waals surface area (Å²) >= 11 is 6.18. The summed E-state index contributed by atoms with van der Waals surface area (Å²) in [6.45, 7) is 1.60. The summed E-state index contributed by atoms with van der Waals surface area (Å²) < 4.78 is 6.53. The highest BCUT2D eigenvalue weighted by molar-refractivity contribution is 6.35. The number of ether oxygens (including phenoxy) is 1. The monoisotopic (exact) mass is 357 g/mol. The molecule has 0 saturated carbocycles. The molecule has 0 bridgehead atoms. The second-order valence-electron chi connectivity index (χ2n) is 5.57. The molecule has 0 radical (unpaired) electrons. The summed E-state index contributed by atoms with van der Waals surface area (Å²) in [5.41, 5.74) is 6.03. The average Bonchev–Trinajstić information content (AvgIpc) is 2.62. The number of hydrogen-bond acceptors (Lipinski definition) is 4. The fourth-order valence-corrected chi connectivity index (χ4v) is 2.81. The van der Waals surface area contributed by atoms with Gasteiger partial charge in [0.05, 0.1) is 34.6 Å². The molecule has 1 aromatic heterocycles. The molecule has 0 aliphatic carbocycles. The highest BCUT2D eigenvalue weighted by atomic mass is 35.5. The van der Waals surface area contributed by atoms with Gasteiger partial charge >= 0.3 is 0 Å². The van der Waals surface area contributed by atoms with Gasteiger partial charge in [0, 0.05) is 0 Å². The van der Waals surface area contributed by atoms with Gasteiger partial charge in [0.15, 0.2) is 0 Å². The predicted octanol–water partition coefficient (Wildman–Crippen LogP) is 2.64. The van der Waals surface area contributed by atoms with Crippen molar-refractivity contribution in [1.82, 2.24) is 9.55 Å². The molecule has 1 amide bonds. The van der Waals surface area contributed by atoms with Crippen molar-refractivity contribution in [3.8, 4) is 11.4 Å². The van der Waals surface area contributed by atoms with Gasteiger partial charge in [0.1, 0.15) is 11.6 Å². The zero-order valence-corrected chi connectivity index (χ0v) is 14.4. The highest BCUT2D eigenvalue weighted by Gasteiger charge is 2.22. The van der Waals surface area contributed by atoms with Crippen molar-refractivity contribution >= 4 is 28.4 Å². The number of rotatable bonds is 4. The van der Waals surface area contributed by atoms with Crippen LogP contribution in [0.5, 0.6) is 5.75 Å². The van der Waals surface area contributed by atoms with E-state index in [9.17, 15) is 9.59 Å². The summed E-state index contributed by atoms with van der Waals surface area (Å²) in [7, 11) is 1.56. The quantitative estimate of drug-likeness (QED) is 0.777. The maximum atomic E-state index is 13.1. The molecule has 0 aliphatic heterocycles. The normalized spacial score (nSPS) is 12.1. The van der Waals surface area contributed by atoms with Gasteiger partial charge in [-0.25, -0.2) is 4.98 Å². The molecule has 0 spiro atoms. The first-order valence-corrected chi connectivity index (χ1v) is 7.96. The Hall–Kier alpha value is -2.86. The van der Waals surface area contributed by atoms with Crippen molar-refractivity contribution in [3.05, 3.63) is 63.7 Å². The summed E-state index contributed by atoms with van der Waals surface area (Å²) in [6, 6.07) is 11.9. The van der Waals surface area contributed by atoms with Crippen LogP contribution in [0.25, 0.3) is 16.6 Å². The third-order valence-corrected chi connectivity index (χ3v) is 4.33. The van der Waals surface area contributed by atoms with E-state index in [0.717, 1.165) is 0 Å². The van der Waals surface area contributed by atoms with Gasteiger partial charge in [-0.05, 0) is 43.3 Å². The fourth-order valence-electron chi connectivity index (χ4n) is 2.59. The Labute approximate surface area is 148 Å². The minimum absolute atomic E-state index is 0.239. The lowest BCUT2D eigenvalue weighted by atomic mass is 10.1. The minimum Gasteiger partial charge on any atom is -0.497 e. The summed E-state index contributed by atoms with van der Waals surface area (Å²) in [5, 5.41) is 0.707. The van der Waals surface area contributed by atoms with E-state index in [-0.39, 0.29) is 11.4 Å². The van der Waals surface area contributed by atoms with Gasteiger partial charge in [-0.3, -0.25) is 14.2 Å². The largest absolute Gasteiger partial charge is 0.497 e. The molecule has 3 aromatic rings. The van der Waals surface area contributed by atoms with Gasteiger partial charge < -0.3 is 10.5 Å². The molecule has 7 heteroatoms. The first-order chi connectivity index (χ1) is 11.9. The van der Waals surface area contributed by atoms with Crippen LogP contribution in [0.3, 0.4) is 0 Å². The Balaban J connectivity index is 2.38. The van der Waals surface area contributed by atoms with Crippen LogP contribution in [0.4, 0.5) is 0 Å². The fraction of sp³-hybridized carbons (Fsp3) is 0.167. The molecule has 1 unspecified atom stereocenters. The Kier molecular flexibility index (Phi) is 4.46. The molecule has 2 N–H and O–H groups in total. The van der Waals surface area contributed by atoms with E-state index in [1.54, 1.807) is 56.5 Å². The first-order valence-electron chi connectivity index (χ1n) is 7.59. The maximum Gasteiger partial charge on any atom is 0.266 e. The van der Waals surface area contributed by atoms with Crippen LogP contribution in [0.15, 0.2) is 47.3 Å². The lowest BCUT2D eigenvalue weighted by Crippen LogP contribution is -2.30. The van der Waals surface area contributed by atoms with Crippen LogP contribution in [-0.2, 0) is 4.79 Å². The summed E-state index contributed by atoms with van der Waals surface area (Å²) in [4.78, 5) is 29.3. The van der Waals surface area contributed by atoms with E-state index in [2.05, 4.69) is 4.98 Å². The predicted molar refractivity (Wildman–Crippen MR) is 96.5 cm³/mol. The van der Waals surface area contributed by atoms with Crippen LogP contribution < -0.4 is 16.0 Å². The molecule has 0 saturated heterocycles. The number of fused-ring (bicyclic) bond motifs is 1. The highest BCUT2D eigenvalue weighted by Crippen LogP contribution is 2.24. The Morgan fingerprint density at radius 1 is 1.24 bits per heavy atom. The molecule has 2 aromatic carbocycles. The zero-order chi connectivity index (χ0) is 18.1. The number of nitrogens with zero attached hydrogens (tertiary/aromatic N) is 2. The van der Waals surface area contributed by atoms with Gasteiger partial charge in [0.25, 0.3) is 5.56 Å². The van der Waals surface area contributed by atoms with Crippen molar-refractivity contribution < 1.29 is 9.53 Å². The maximum absolute atomic E-state index is 13.1. The van der Waals surface area contributed by atoms with Crippen molar-refractivity contribution in [3.63, 3.8) is 0 Å². The van der Waals surface area contributed by atoms with Crippen LogP contribution in [0.1, 0.15) is 18.7 Å². The number of halogens is 1. The molecular weight excluding hydrogens is 342 g/mol. The molecule has 6 nitrogen and oxygen atoms in total. The molecule has 0 aliphatic rings. The number of benzene rings is 2. The number of nitrogens with two attached hydrogens (primary N) is 1. The topological polar surface area (TPSA) is 87.2 Å². The first kappa shape index (κ1) is 17.0. The van der Waals surface area contributed by atoms with Gasteiger partial charge in [-0.15, -0.1) is 0 Å². The SMILES string of the molecule is COc1ccc(-n2c(C(C)C(N)=O)nc3c(Cl)cccc3c2=O)cc1. The summed E-state index contributed by atoms with van der Waals surface area (Å²) in [6.07, 6.45) is 0. The van der Waals surface area contributed by atoms with Crippen molar-refractivity contribution in [2.45, 2.75) is 12.8 Å². The number of primary amides is 1. The van der Waals surface area contributed by atoms with Crippen molar-refractivity contribution in [2.75, 3.05) is 7.11 Å². The average molecular weight is 358 g/mol. The molecular formula is C18H16ClN3O3. The number of aromatic nitrogens is 2. The Morgan fingerprint density at radius 2 is 1.92 bits per heavy atom. The zero-order valence-electron chi connectivity index (χ0n) is 13.7. The second kappa shape index (κ2) is 6.57. The smallest absolute Gasteiger partial charge is 0.266 e. The third kappa shape index (κ3) is 2.96. The number of hydrogen-bond donors (Lipinski definition) is 1. The van der Waals surface area contributed by atoms with Crippen LogP contribution >= 0.6 is 11.6 Å². The number of carbonyl (C=O) groups is 1. The van der Waals surface area contributed by atoms with E-state index >= 15 is 0 Å². The third-order valence-electron chi connectivity index (χ3n) is 4.02. The summed E-state index contributed by atoms with van der Waals surface area (Å²) in [5.74, 6) is -0.461. The number of amides is 1. The van der Waals surface area contributed by atoms with Crippen LogP contribution in [-0.4, -0.2) is 22.6 Å². The van der Waals surface area contributed by atoms with E-state index in [0.29, 0.717) is 27.4 Å². The molecule has 128 valence electrons. The number of para-hydroxylation sites is 1. The Morgan fingerprint density at radius 3 is 2.52 bits per heavy atom. The van der Waals surface area contributed by atoms with Gasteiger partial charge in [0.2, 0.25) is 5.91 Å². The van der Waals surface area contributed by atoms with Crippen molar-refractivity contribution in [1.29, 1.82) is 0 Å². The molecule has 1 atom stereocenters. The molecule has 1 heterocycles. The molecule has 25 heavy (non-hydrogen) atoms. The van der Waals surface area contributed by atoms with E-state index in [1.807, 2.05) is 0 Å². The minimum atomic E-state index is -0.768. The van der Waals surface area contributed by atoms with E-state index in [1.165, 1.54) is 4.57 Å². The lowest BCUT2D eigenvalue weighted by Gasteiger charge is -2.17. The number of methoxy groups -OCH3 is 1. The number of carbonyl (C=O) groups excluding carboxylic acids is 1. The van der Waals surface area contributed by atoms with E-state index in [4.69, 9.17) is 22.1 Å². The van der Waals surface area contributed by atoms with Crippen molar-refractivity contribution in [2.24, 2.45) is 5.73 Å². The van der Waals surface area contributed by atoms with E-state index < -0.39 is 11.8 Å². The van der Waals surface area contributed by atoms with Crippen LogP contribution in [0, 0.1) is 0 Å². The lowest BCUT2D eigenvalue weighted by molar-refractivity contribution is -0.119. The van der Waals surface area contributed by atoms with Gasteiger partial charge in [-0.1, -0.05) is 17.7 Å². The Bertz CT molecular complexity index is 1010. The van der Waals surface area contributed by atoms with Crippen LogP contribution in [0.2, 0.25) is 5.02 Å². The molecule has 3 rings (SSSR count). The van der Waals surface area contributed by atoms with Gasteiger partial charge in [-0.2, -0.15) is 0 Å². The standard InChI is InChI=1S/C18H16ClN3O3/c1-10(16(20)23)17-21-15-13(4-3-5-14(15)19)18(24)22(17)11-6-8-12(25-2)9-7-11/h3-10H,1-2H3,(H2,20,23).